The van der Waals surface area contributed by atoms with Crippen molar-refractivity contribution in [2.24, 2.45) is 0 Å². The summed E-state index contributed by atoms with van der Waals surface area (Å²) in [5.41, 5.74) is 1.93. The predicted octanol–water partition coefficient (Wildman–Crippen LogP) is 3.01. The molecule has 1 amide bonds. The van der Waals surface area contributed by atoms with Crippen LogP contribution in [0.15, 0.2) is 35.2 Å². The van der Waals surface area contributed by atoms with Crippen LogP contribution in [-0.2, 0) is 6.54 Å². The van der Waals surface area contributed by atoms with Gasteiger partial charge < -0.3 is 9.80 Å². The lowest BCUT2D eigenvalue weighted by atomic mass is 10.2. The van der Waals surface area contributed by atoms with E-state index in [1.807, 2.05) is 30.0 Å². The second-order valence-electron chi connectivity index (χ2n) is 5.59. The highest BCUT2D eigenvalue weighted by Gasteiger charge is 2.33. The van der Waals surface area contributed by atoms with Gasteiger partial charge in [-0.05, 0) is 47.4 Å². The molecular weight excluding hydrogens is 282 g/mol. The van der Waals surface area contributed by atoms with Crippen molar-refractivity contribution in [1.29, 1.82) is 0 Å². The molecule has 21 heavy (non-hydrogen) atoms. The summed E-state index contributed by atoms with van der Waals surface area (Å²) in [6.45, 7) is 0.701. The molecule has 0 aliphatic heterocycles. The number of hydrogen-bond acceptors (Lipinski definition) is 4. The minimum Gasteiger partial charge on any atom is -0.363 e. The number of nitrogens with zero attached hydrogens (tertiary/aromatic N) is 3. The lowest BCUT2D eigenvalue weighted by Gasteiger charge is -2.22. The lowest BCUT2D eigenvalue weighted by molar-refractivity contribution is 0.0730. The summed E-state index contributed by atoms with van der Waals surface area (Å²) in [6, 6.07) is 6.16. The molecule has 0 N–H and O–H groups in total. The highest BCUT2D eigenvalue weighted by Crippen LogP contribution is 2.30. The van der Waals surface area contributed by atoms with Crippen molar-refractivity contribution in [2.75, 3.05) is 19.0 Å². The van der Waals surface area contributed by atoms with E-state index in [4.69, 9.17) is 0 Å². The van der Waals surface area contributed by atoms with Crippen molar-refractivity contribution in [3.8, 4) is 0 Å². The van der Waals surface area contributed by atoms with Crippen LogP contribution in [0.4, 0.5) is 5.82 Å². The van der Waals surface area contributed by atoms with E-state index in [2.05, 4.69) is 21.8 Å². The fourth-order valence-corrected chi connectivity index (χ4v) is 2.95. The first-order valence-electron chi connectivity index (χ1n) is 7.10. The Bertz CT molecular complexity index is 620. The summed E-state index contributed by atoms with van der Waals surface area (Å²) in [5.74, 6) is 0.918. The number of carbonyl (C=O) groups excluding carboxylic acids is 1. The molecule has 0 spiro atoms. The molecule has 3 rings (SSSR count). The van der Waals surface area contributed by atoms with Gasteiger partial charge in [-0.25, -0.2) is 4.98 Å². The molecule has 0 bridgehead atoms. The van der Waals surface area contributed by atoms with E-state index in [0.29, 0.717) is 12.6 Å². The van der Waals surface area contributed by atoms with Crippen LogP contribution in [0.1, 0.15) is 28.8 Å². The van der Waals surface area contributed by atoms with Gasteiger partial charge in [-0.3, -0.25) is 4.79 Å². The van der Waals surface area contributed by atoms with Crippen molar-refractivity contribution in [1.82, 2.24) is 9.88 Å². The summed E-state index contributed by atoms with van der Waals surface area (Å²) in [7, 11) is 3.86. The second-order valence-corrected chi connectivity index (χ2v) is 6.37. The standard InChI is InChI=1S/C16H19N3OS/c1-18(2)15-9-13(5-7-17-15)16(20)19(14-3-4-14)10-12-6-8-21-11-12/h5-9,11,14H,3-4,10H2,1-2H3. The van der Waals surface area contributed by atoms with Crippen LogP contribution in [0.5, 0.6) is 0 Å². The first-order chi connectivity index (χ1) is 10.1. The van der Waals surface area contributed by atoms with E-state index in [1.165, 1.54) is 5.56 Å². The summed E-state index contributed by atoms with van der Waals surface area (Å²) in [5, 5.41) is 4.17. The summed E-state index contributed by atoms with van der Waals surface area (Å²) in [6.07, 6.45) is 3.93. The third kappa shape index (κ3) is 3.24. The fraction of sp³-hybridized carbons (Fsp3) is 0.375. The van der Waals surface area contributed by atoms with E-state index in [9.17, 15) is 4.79 Å². The van der Waals surface area contributed by atoms with E-state index in [0.717, 1.165) is 24.2 Å². The summed E-state index contributed by atoms with van der Waals surface area (Å²) in [4.78, 5) is 21.0. The number of rotatable bonds is 5. The van der Waals surface area contributed by atoms with Gasteiger partial charge in [-0.1, -0.05) is 0 Å². The third-order valence-corrected chi connectivity index (χ3v) is 4.36. The summed E-state index contributed by atoms with van der Waals surface area (Å²) < 4.78 is 0. The summed E-state index contributed by atoms with van der Waals surface area (Å²) >= 11 is 1.67. The topological polar surface area (TPSA) is 36.4 Å². The highest BCUT2D eigenvalue weighted by molar-refractivity contribution is 7.07. The van der Waals surface area contributed by atoms with Crippen LogP contribution in [0.25, 0.3) is 0 Å². The van der Waals surface area contributed by atoms with Crippen LogP contribution >= 0.6 is 11.3 Å². The van der Waals surface area contributed by atoms with Crippen LogP contribution in [0, 0.1) is 0 Å². The number of aromatic nitrogens is 1. The number of anilines is 1. The number of hydrogen-bond donors (Lipinski definition) is 0. The van der Waals surface area contributed by atoms with Gasteiger partial charge in [0.2, 0.25) is 0 Å². The fourth-order valence-electron chi connectivity index (χ4n) is 2.29. The monoisotopic (exact) mass is 301 g/mol. The normalized spacial score (nSPS) is 14.0. The number of thiophene rings is 1. The van der Waals surface area contributed by atoms with E-state index in [1.54, 1.807) is 23.6 Å². The molecule has 2 heterocycles. The van der Waals surface area contributed by atoms with Gasteiger partial charge >= 0.3 is 0 Å². The second kappa shape index (κ2) is 5.85. The van der Waals surface area contributed by atoms with Gasteiger partial charge in [0, 0.05) is 38.4 Å². The van der Waals surface area contributed by atoms with Gasteiger partial charge in [0.15, 0.2) is 0 Å². The molecule has 1 aliphatic carbocycles. The molecule has 5 heteroatoms. The molecule has 2 aromatic heterocycles. The average molecular weight is 301 g/mol. The highest BCUT2D eigenvalue weighted by atomic mass is 32.1. The zero-order valence-electron chi connectivity index (χ0n) is 12.3. The Morgan fingerprint density at radius 2 is 2.19 bits per heavy atom. The average Bonchev–Trinajstić information content (AvgIpc) is 3.20. The van der Waals surface area contributed by atoms with Crippen LogP contribution in [-0.4, -0.2) is 35.9 Å². The van der Waals surface area contributed by atoms with Crippen molar-refractivity contribution in [2.45, 2.75) is 25.4 Å². The van der Waals surface area contributed by atoms with Gasteiger partial charge in [0.1, 0.15) is 5.82 Å². The van der Waals surface area contributed by atoms with E-state index < -0.39 is 0 Å². The molecule has 0 saturated heterocycles. The largest absolute Gasteiger partial charge is 0.363 e. The Morgan fingerprint density at radius 1 is 1.38 bits per heavy atom. The lowest BCUT2D eigenvalue weighted by Crippen LogP contribution is -2.32. The Morgan fingerprint density at radius 3 is 2.81 bits per heavy atom. The molecule has 2 aromatic rings. The van der Waals surface area contributed by atoms with Crippen LogP contribution < -0.4 is 4.90 Å². The maximum atomic E-state index is 12.8. The molecule has 4 nitrogen and oxygen atoms in total. The molecule has 110 valence electrons. The maximum absolute atomic E-state index is 12.8. The van der Waals surface area contributed by atoms with Crippen molar-refractivity contribution in [3.63, 3.8) is 0 Å². The molecule has 1 aliphatic rings. The van der Waals surface area contributed by atoms with Crippen LogP contribution in [0.3, 0.4) is 0 Å². The third-order valence-electron chi connectivity index (χ3n) is 3.63. The minimum absolute atomic E-state index is 0.106. The van der Waals surface area contributed by atoms with Gasteiger partial charge in [0.25, 0.3) is 5.91 Å². The Balaban J connectivity index is 1.82. The van der Waals surface area contributed by atoms with E-state index >= 15 is 0 Å². The smallest absolute Gasteiger partial charge is 0.254 e. The molecule has 0 unspecified atom stereocenters. The zero-order valence-corrected chi connectivity index (χ0v) is 13.1. The number of carbonyl (C=O) groups is 1. The van der Waals surface area contributed by atoms with Crippen molar-refractivity contribution in [3.05, 3.63) is 46.3 Å². The zero-order chi connectivity index (χ0) is 14.8. The minimum atomic E-state index is 0.106. The first kappa shape index (κ1) is 14.1. The Labute approximate surface area is 129 Å². The first-order valence-corrected chi connectivity index (χ1v) is 8.05. The van der Waals surface area contributed by atoms with Gasteiger partial charge in [-0.15, -0.1) is 0 Å². The maximum Gasteiger partial charge on any atom is 0.254 e. The van der Waals surface area contributed by atoms with Crippen molar-refractivity contribution < 1.29 is 4.79 Å². The van der Waals surface area contributed by atoms with Crippen LogP contribution in [0.2, 0.25) is 0 Å². The molecule has 0 radical (unpaired) electrons. The number of amides is 1. The Hall–Kier alpha value is -1.88. The number of pyridine rings is 1. The SMILES string of the molecule is CN(C)c1cc(C(=O)N(Cc2ccsc2)C2CC2)ccn1. The molecule has 1 fully saturated rings. The van der Waals surface area contributed by atoms with Gasteiger partial charge in [0.05, 0.1) is 0 Å². The quantitative estimate of drug-likeness (QED) is 0.852. The predicted molar refractivity (Wildman–Crippen MR) is 85.8 cm³/mol. The molecule has 1 saturated carbocycles. The van der Waals surface area contributed by atoms with Crippen molar-refractivity contribution >= 4 is 23.1 Å². The van der Waals surface area contributed by atoms with Gasteiger partial charge in [-0.2, -0.15) is 11.3 Å². The molecule has 0 aromatic carbocycles. The molecular formula is C16H19N3OS. The molecule has 0 atom stereocenters. The van der Waals surface area contributed by atoms with E-state index in [-0.39, 0.29) is 5.91 Å². The Kier molecular flexibility index (Phi) is 3.92.